The normalized spacial score (nSPS) is 12.3. The van der Waals surface area contributed by atoms with Gasteiger partial charge < -0.3 is 15.0 Å². The molecule has 0 aliphatic heterocycles. The van der Waals surface area contributed by atoms with E-state index >= 15 is 0 Å². The van der Waals surface area contributed by atoms with E-state index in [0.29, 0.717) is 34.7 Å². The summed E-state index contributed by atoms with van der Waals surface area (Å²) in [5.41, 5.74) is -0.0239. The molecule has 232 valence electrons. The smallest absolute Gasteiger partial charge is 0.416 e. The number of halogens is 3. The second kappa shape index (κ2) is 14.4. The van der Waals surface area contributed by atoms with Gasteiger partial charge in [0.1, 0.15) is 18.3 Å². The summed E-state index contributed by atoms with van der Waals surface area (Å²) in [5, 5.41) is 2.78. The third-order valence-corrected chi connectivity index (χ3v) is 8.56. The third kappa shape index (κ3) is 8.50. The Kier molecular flexibility index (Phi) is 11.2. The highest BCUT2D eigenvalue weighted by atomic mass is 32.2. The molecule has 0 bridgehead atoms. The van der Waals surface area contributed by atoms with Gasteiger partial charge in [0.2, 0.25) is 11.8 Å². The van der Waals surface area contributed by atoms with Gasteiger partial charge in [-0.25, -0.2) is 8.42 Å². The number of ether oxygens (including phenoxy) is 1. The number of rotatable bonds is 13. The number of aryl methyl sites for hydroxylation is 1. The molecular weight excluding hydrogens is 583 g/mol. The van der Waals surface area contributed by atoms with Crippen molar-refractivity contribution in [1.82, 2.24) is 10.2 Å². The Morgan fingerprint density at radius 2 is 1.65 bits per heavy atom. The van der Waals surface area contributed by atoms with Crippen LogP contribution in [0.25, 0.3) is 0 Å². The number of nitrogens with one attached hydrogen (secondary N) is 1. The maximum atomic E-state index is 14.1. The SMILES string of the molecule is CCCNC(=O)[C@H](CC)N(Cc1cccc(OC)c1)C(=O)CN(c1cccc(C(F)(F)F)c1)S(=O)(=O)c1ccc(C)cc1. The van der Waals surface area contributed by atoms with Crippen molar-refractivity contribution < 1.29 is 35.9 Å². The number of hydrogen-bond acceptors (Lipinski definition) is 5. The monoisotopic (exact) mass is 619 g/mol. The third-order valence-electron chi connectivity index (χ3n) is 6.77. The molecule has 1 atom stereocenters. The lowest BCUT2D eigenvalue weighted by molar-refractivity contribution is -0.140. The first-order valence-corrected chi connectivity index (χ1v) is 15.2. The van der Waals surface area contributed by atoms with Gasteiger partial charge in [-0.3, -0.25) is 13.9 Å². The van der Waals surface area contributed by atoms with E-state index in [1.54, 1.807) is 50.2 Å². The predicted molar refractivity (Wildman–Crippen MR) is 158 cm³/mol. The van der Waals surface area contributed by atoms with Gasteiger partial charge in [0, 0.05) is 13.1 Å². The molecule has 3 aromatic rings. The van der Waals surface area contributed by atoms with Gasteiger partial charge in [-0.05, 0) is 67.8 Å². The van der Waals surface area contributed by atoms with Crippen LogP contribution < -0.4 is 14.4 Å². The number of nitrogens with zero attached hydrogens (tertiary/aromatic N) is 2. The number of hydrogen-bond donors (Lipinski definition) is 1. The highest BCUT2D eigenvalue weighted by Gasteiger charge is 2.36. The fraction of sp³-hybridized carbons (Fsp3) is 0.355. The summed E-state index contributed by atoms with van der Waals surface area (Å²) < 4.78 is 74.6. The Labute approximate surface area is 250 Å². The summed E-state index contributed by atoms with van der Waals surface area (Å²) in [4.78, 5) is 28.3. The minimum absolute atomic E-state index is 0.0743. The number of amides is 2. The minimum Gasteiger partial charge on any atom is -0.497 e. The van der Waals surface area contributed by atoms with Crippen LogP contribution in [0.5, 0.6) is 5.75 Å². The molecule has 0 fully saturated rings. The molecule has 2 amide bonds. The molecule has 0 aromatic heterocycles. The molecule has 0 unspecified atom stereocenters. The van der Waals surface area contributed by atoms with Gasteiger partial charge in [-0.2, -0.15) is 13.2 Å². The van der Waals surface area contributed by atoms with Crippen molar-refractivity contribution in [3.8, 4) is 5.75 Å². The first-order chi connectivity index (χ1) is 20.3. The van der Waals surface area contributed by atoms with Crippen LogP contribution in [0.15, 0.2) is 77.7 Å². The summed E-state index contributed by atoms with van der Waals surface area (Å²) >= 11 is 0. The summed E-state index contributed by atoms with van der Waals surface area (Å²) in [6, 6.07) is 15.4. The molecule has 0 spiro atoms. The second-order valence-corrected chi connectivity index (χ2v) is 11.8. The van der Waals surface area contributed by atoms with Crippen LogP contribution in [0, 0.1) is 6.92 Å². The standard InChI is InChI=1S/C31H36F3N3O5S/c1-5-17-35-30(39)28(6-2)36(20-23-9-7-12-26(18-23)42-4)29(38)21-37(25-11-8-10-24(19-25)31(32,33)34)43(40,41)27-15-13-22(3)14-16-27/h7-16,18-19,28H,5-6,17,20-21H2,1-4H3,(H,35,39)/t28-/m0/s1. The molecule has 12 heteroatoms. The Balaban J connectivity index is 2.12. The van der Waals surface area contributed by atoms with E-state index < -0.39 is 46.2 Å². The van der Waals surface area contributed by atoms with Gasteiger partial charge in [-0.15, -0.1) is 0 Å². The predicted octanol–water partition coefficient (Wildman–Crippen LogP) is 5.55. The van der Waals surface area contributed by atoms with Crippen LogP contribution >= 0.6 is 0 Å². The van der Waals surface area contributed by atoms with Crippen LogP contribution in [0.3, 0.4) is 0 Å². The highest BCUT2D eigenvalue weighted by Crippen LogP contribution is 2.33. The fourth-order valence-corrected chi connectivity index (χ4v) is 5.86. The number of carbonyl (C=O) groups is 2. The lowest BCUT2D eigenvalue weighted by Crippen LogP contribution is -2.52. The molecule has 1 N–H and O–H groups in total. The van der Waals surface area contributed by atoms with E-state index in [9.17, 15) is 31.2 Å². The molecule has 43 heavy (non-hydrogen) atoms. The van der Waals surface area contributed by atoms with Gasteiger partial charge in [0.15, 0.2) is 0 Å². The van der Waals surface area contributed by atoms with Crippen LogP contribution in [0.1, 0.15) is 43.4 Å². The van der Waals surface area contributed by atoms with Crippen molar-refractivity contribution in [3.05, 3.63) is 89.5 Å². The van der Waals surface area contributed by atoms with Crippen molar-refractivity contribution in [2.45, 2.75) is 57.3 Å². The van der Waals surface area contributed by atoms with E-state index in [0.717, 1.165) is 17.7 Å². The Morgan fingerprint density at radius 1 is 0.977 bits per heavy atom. The molecule has 8 nitrogen and oxygen atoms in total. The van der Waals surface area contributed by atoms with Crippen molar-refractivity contribution in [2.75, 3.05) is 24.5 Å². The second-order valence-electron chi connectivity index (χ2n) is 9.96. The van der Waals surface area contributed by atoms with Gasteiger partial charge in [0.05, 0.1) is 23.3 Å². The molecule has 0 aliphatic rings. The zero-order chi connectivity index (χ0) is 31.8. The number of benzene rings is 3. The average molecular weight is 620 g/mol. The minimum atomic E-state index is -4.75. The molecule has 0 saturated heterocycles. The van der Waals surface area contributed by atoms with E-state index in [-0.39, 0.29) is 23.5 Å². The Hall–Kier alpha value is -4.06. The highest BCUT2D eigenvalue weighted by molar-refractivity contribution is 7.92. The number of sulfonamides is 1. The average Bonchev–Trinajstić information content (AvgIpc) is 2.98. The first-order valence-electron chi connectivity index (χ1n) is 13.8. The van der Waals surface area contributed by atoms with Crippen molar-refractivity contribution >= 4 is 27.5 Å². The lowest BCUT2D eigenvalue weighted by Gasteiger charge is -2.33. The zero-order valence-corrected chi connectivity index (χ0v) is 25.3. The van der Waals surface area contributed by atoms with E-state index in [1.165, 1.54) is 30.2 Å². The summed E-state index contributed by atoms with van der Waals surface area (Å²) in [5.74, 6) is -0.678. The maximum absolute atomic E-state index is 14.1. The molecule has 3 rings (SSSR count). The van der Waals surface area contributed by atoms with Crippen LogP contribution in [0.4, 0.5) is 18.9 Å². The maximum Gasteiger partial charge on any atom is 0.416 e. The lowest BCUT2D eigenvalue weighted by atomic mass is 10.1. The van der Waals surface area contributed by atoms with Gasteiger partial charge in [-0.1, -0.05) is 49.7 Å². The number of anilines is 1. The number of methoxy groups -OCH3 is 1. The van der Waals surface area contributed by atoms with Crippen LogP contribution in [-0.2, 0) is 32.3 Å². The van der Waals surface area contributed by atoms with Crippen molar-refractivity contribution in [2.24, 2.45) is 0 Å². The molecular formula is C31H36F3N3O5S. The quantitative estimate of drug-likeness (QED) is 0.271. The Bertz CT molecular complexity index is 1510. The van der Waals surface area contributed by atoms with E-state index in [1.807, 2.05) is 6.92 Å². The molecule has 0 heterocycles. The van der Waals surface area contributed by atoms with E-state index in [2.05, 4.69) is 5.32 Å². The van der Waals surface area contributed by atoms with Crippen molar-refractivity contribution in [3.63, 3.8) is 0 Å². The molecule has 0 saturated carbocycles. The summed E-state index contributed by atoms with van der Waals surface area (Å²) in [7, 11) is -3.03. The van der Waals surface area contributed by atoms with Gasteiger partial charge in [0.25, 0.3) is 10.0 Å². The van der Waals surface area contributed by atoms with Gasteiger partial charge >= 0.3 is 6.18 Å². The number of carbonyl (C=O) groups excluding carboxylic acids is 2. The molecule has 0 radical (unpaired) electrons. The first kappa shape index (κ1) is 33.4. The zero-order valence-electron chi connectivity index (χ0n) is 24.5. The molecule has 3 aromatic carbocycles. The summed E-state index contributed by atoms with van der Waals surface area (Å²) in [6.07, 6.45) is -3.88. The Morgan fingerprint density at radius 3 is 2.26 bits per heavy atom. The molecule has 0 aliphatic carbocycles. The van der Waals surface area contributed by atoms with E-state index in [4.69, 9.17) is 4.74 Å². The number of alkyl halides is 3. The largest absolute Gasteiger partial charge is 0.497 e. The topological polar surface area (TPSA) is 96.0 Å². The van der Waals surface area contributed by atoms with Crippen molar-refractivity contribution in [1.29, 1.82) is 0 Å². The van der Waals surface area contributed by atoms with Crippen LogP contribution in [-0.4, -0.2) is 51.4 Å². The van der Waals surface area contributed by atoms with Crippen LogP contribution in [0.2, 0.25) is 0 Å². The summed E-state index contributed by atoms with van der Waals surface area (Å²) in [6.45, 7) is 4.80. The fourth-order valence-electron chi connectivity index (χ4n) is 4.46.